The van der Waals surface area contributed by atoms with E-state index in [0.29, 0.717) is 0 Å². The summed E-state index contributed by atoms with van der Waals surface area (Å²) in [5, 5.41) is 0. The maximum absolute atomic E-state index is 5.83. The zero-order valence-electron chi connectivity index (χ0n) is 7.90. The summed E-state index contributed by atoms with van der Waals surface area (Å²) in [6.45, 7) is 4.47. The van der Waals surface area contributed by atoms with Gasteiger partial charge in [0.2, 0.25) is 0 Å². The first-order valence-electron chi connectivity index (χ1n) is 4.45. The van der Waals surface area contributed by atoms with E-state index in [0.717, 1.165) is 24.3 Å². The molecule has 0 saturated carbocycles. The zero-order chi connectivity index (χ0) is 9.26. The van der Waals surface area contributed by atoms with Crippen molar-refractivity contribution in [3.63, 3.8) is 0 Å². The maximum Gasteiger partial charge on any atom is 0.122 e. The molecule has 0 aliphatic carbocycles. The van der Waals surface area contributed by atoms with Gasteiger partial charge in [-0.05, 0) is 17.2 Å². The molecule has 2 rings (SSSR count). The van der Waals surface area contributed by atoms with Gasteiger partial charge in [0.15, 0.2) is 0 Å². The molecule has 1 aromatic rings. The Labute approximate surface area is 90.2 Å². The minimum atomic E-state index is -0.0640. The lowest BCUT2D eigenvalue weighted by Gasteiger charge is -2.07. The lowest BCUT2D eigenvalue weighted by atomic mass is 10.0. The summed E-state index contributed by atoms with van der Waals surface area (Å²) in [5.74, 6) is 1.00. The topological polar surface area (TPSA) is 35.2 Å². The summed E-state index contributed by atoms with van der Waals surface area (Å²) >= 11 is 0. The van der Waals surface area contributed by atoms with Gasteiger partial charge < -0.3 is 10.5 Å². The van der Waals surface area contributed by atoms with Crippen LogP contribution in [0.4, 0.5) is 0 Å². The molecule has 1 heterocycles. The van der Waals surface area contributed by atoms with Crippen molar-refractivity contribution >= 4 is 12.4 Å². The molecular formula is C11H14ClNO. The van der Waals surface area contributed by atoms with E-state index in [1.165, 1.54) is 5.56 Å². The van der Waals surface area contributed by atoms with Crippen LogP contribution in [0.2, 0.25) is 0 Å². The molecule has 1 atom stereocenters. The highest BCUT2D eigenvalue weighted by atomic mass is 35.5. The first kappa shape index (κ1) is 11.1. The summed E-state index contributed by atoms with van der Waals surface area (Å²) in [7, 11) is 0. The average Bonchev–Trinajstić information content (AvgIpc) is 2.63. The lowest BCUT2D eigenvalue weighted by molar-refractivity contribution is 0.357. The minimum Gasteiger partial charge on any atom is -0.493 e. The second-order valence-corrected chi connectivity index (χ2v) is 3.23. The van der Waals surface area contributed by atoms with Crippen molar-refractivity contribution in [1.29, 1.82) is 0 Å². The number of benzene rings is 1. The Morgan fingerprint density at radius 2 is 2.29 bits per heavy atom. The van der Waals surface area contributed by atoms with E-state index >= 15 is 0 Å². The van der Waals surface area contributed by atoms with Crippen molar-refractivity contribution in [2.45, 2.75) is 12.5 Å². The van der Waals surface area contributed by atoms with Crippen LogP contribution in [-0.2, 0) is 6.42 Å². The normalized spacial score (nSPS) is 14.9. The fraction of sp³-hybridized carbons (Fsp3) is 0.273. The fourth-order valence-corrected chi connectivity index (χ4v) is 1.55. The van der Waals surface area contributed by atoms with Crippen LogP contribution in [0.15, 0.2) is 30.9 Å². The summed E-state index contributed by atoms with van der Waals surface area (Å²) in [5.41, 5.74) is 8.20. The van der Waals surface area contributed by atoms with Gasteiger partial charge in [-0.1, -0.05) is 18.2 Å². The molecule has 0 radical (unpaired) electrons. The van der Waals surface area contributed by atoms with E-state index < -0.39 is 0 Å². The summed E-state index contributed by atoms with van der Waals surface area (Å²) in [4.78, 5) is 0. The van der Waals surface area contributed by atoms with E-state index in [2.05, 4.69) is 12.6 Å². The molecule has 76 valence electrons. The van der Waals surface area contributed by atoms with E-state index in [9.17, 15) is 0 Å². The van der Waals surface area contributed by atoms with Crippen LogP contribution >= 0.6 is 12.4 Å². The zero-order valence-corrected chi connectivity index (χ0v) is 8.72. The van der Waals surface area contributed by atoms with Gasteiger partial charge in [-0.15, -0.1) is 19.0 Å². The Morgan fingerprint density at radius 1 is 1.50 bits per heavy atom. The Morgan fingerprint density at radius 3 is 3.00 bits per heavy atom. The Kier molecular flexibility index (Phi) is 3.55. The van der Waals surface area contributed by atoms with Gasteiger partial charge in [0.05, 0.1) is 6.61 Å². The van der Waals surface area contributed by atoms with Gasteiger partial charge >= 0.3 is 0 Å². The third-order valence-corrected chi connectivity index (χ3v) is 2.35. The maximum atomic E-state index is 5.83. The van der Waals surface area contributed by atoms with Crippen LogP contribution in [0.25, 0.3) is 0 Å². The van der Waals surface area contributed by atoms with Crippen LogP contribution in [-0.4, -0.2) is 6.61 Å². The first-order valence-corrected chi connectivity index (χ1v) is 4.45. The quantitative estimate of drug-likeness (QED) is 0.762. The second-order valence-electron chi connectivity index (χ2n) is 3.23. The van der Waals surface area contributed by atoms with Gasteiger partial charge in [0, 0.05) is 12.5 Å². The summed E-state index contributed by atoms with van der Waals surface area (Å²) in [6, 6.07) is 6.03. The largest absolute Gasteiger partial charge is 0.493 e. The number of hydrogen-bond acceptors (Lipinski definition) is 2. The van der Waals surface area contributed by atoms with Crippen LogP contribution in [0.3, 0.4) is 0 Å². The van der Waals surface area contributed by atoms with E-state index in [-0.39, 0.29) is 18.4 Å². The summed E-state index contributed by atoms with van der Waals surface area (Å²) in [6.07, 6.45) is 2.74. The van der Waals surface area contributed by atoms with Gasteiger partial charge in [-0.3, -0.25) is 0 Å². The molecule has 0 fully saturated rings. The first-order chi connectivity index (χ1) is 6.31. The molecule has 3 heteroatoms. The second kappa shape index (κ2) is 4.49. The van der Waals surface area contributed by atoms with Crippen molar-refractivity contribution in [3.05, 3.63) is 42.0 Å². The van der Waals surface area contributed by atoms with Crippen LogP contribution in [0, 0.1) is 0 Å². The highest BCUT2D eigenvalue weighted by Crippen LogP contribution is 2.27. The molecule has 0 bridgehead atoms. The molecule has 0 unspecified atom stereocenters. The van der Waals surface area contributed by atoms with Crippen molar-refractivity contribution < 1.29 is 4.74 Å². The van der Waals surface area contributed by atoms with E-state index in [4.69, 9.17) is 10.5 Å². The molecule has 0 aromatic heterocycles. The number of hydrogen-bond donors (Lipinski definition) is 1. The molecule has 14 heavy (non-hydrogen) atoms. The van der Waals surface area contributed by atoms with Gasteiger partial charge in [-0.2, -0.15) is 0 Å². The SMILES string of the molecule is C=C[C@@H](N)c1ccc2c(c1)CCO2.Cl. The standard InChI is InChI=1S/C11H13NO.ClH/c1-2-10(12)8-3-4-11-9(7-8)5-6-13-11;/h2-4,7,10H,1,5-6,12H2;1H/t10-;/m1./s1. The molecule has 2 nitrogen and oxygen atoms in total. The van der Waals surface area contributed by atoms with Gasteiger partial charge in [-0.25, -0.2) is 0 Å². The number of halogens is 1. The number of ether oxygens (including phenoxy) is 1. The fourth-order valence-electron chi connectivity index (χ4n) is 1.55. The van der Waals surface area contributed by atoms with Crippen LogP contribution < -0.4 is 10.5 Å². The highest BCUT2D eigenvalue weighted by molar-refractivity contribution is 5.85. The van der Waals surface area contributed by atoms with Crippen molar-refractivity contribution in [2.24, 2.45) is 5.73 Å². The Hall–Kier alpha value is -0.990. The van der Waals surface area contributed by atoms with Gasteiger partial charge in [0.25, 0.3) is 0 Å². The molecule has 0 saturated heterocycles. The number of fused-ring (bicyclic) bond motifs is 1. The predicted molar refractivity (Wildman–Crippen MR) is 60.0 cm³/mol. The molecule has 0 spiro atoms. The smallest absolute Gasteiger partial charge is 0.122 e. The average molecular weight is 212 g/mol. The Balaban J connectivity index is 0.000000980. The van der Waals surface area contributed by atoms with Crippen molar-refractivity contribution in [3.8, 4) is 5.75 Å². The molecule has 1 aliphatic heterocycles. The predicted octanol–water partition coefficient (Wildman–Crippen LogP) is 2.23. The number of nitrogens with two attached hydrogens (primary N) is 1. The van der Waals surface area contributed by atoms with Crippen LogP contribution in [0.5, 0.6) is 5.75 Å². The van der Waals surface area contributed by atoms with E-state index in [1.54, 1.807) is 6.08 Å². The third kappa shape index (κ3) is 1.91. The number of rotatable bonds is 2. The molecular weight excluding hydrogens is 198 g/mol. The highest BCUT2D eigenvalue weighted by Gasteiger charge is 2.13. The van der Waals surface area contributed by atoms with Crippen molar-refractivity contribution in [2.75, 3.05) is 6.61 Å². The van der Waals surface area contributed by atoms with Crippen molar-refractivity contribution in [1.82, 2.24) is 0 Å². The molecule has 1 aliphatic rings. The lowest BCUT2D eigenvalue weighted by Crippen LogP contribution is -2.06. The van der Waals surface area contributed by atoms with Crippen LogP contribution in [0.1, 0.15) is 17.2 Å². The third-order valence-electron chi connectivity index (χ3n) is 2.35. The Bertz CT molecular complexity index is 338. The molecule has 2 N–H and O–H groups in total. The monoisotopic (exact) mass is 211 g/mol. The van der Waals surface area contributed by atoms with Gasteiger partial charge in [0.1, 0.15) is 5.75 Å². The minimum absolute atomic E-state index is 0. The molecule has 0 amide bonds. The molecule has 1 aromatic carbocycles. The van der Waals surface area contributed by atoms with E-state index in [1.807, 2.05) is 12.1 Å². The summed E-state index contributed by atoms with van der Waals surface area (Å²) < 4.78 is 5.40.